The molecule has 0 aliphatic carbocycles. The Labute approximate surface area is 131 Å². The van der Waals surface area contributed by atoms with Gasteiger partial charge in [0.25, 0.3) is 0 Å². The Morgan fingerprint density at radius 2 is 0.957 bits per heavy atom. The molecule has 0 fully saturated rings. The highest BCUT2D eigenvalue weighted by atomic mass is 16.3. The second-order valence-electron chi connectivity index (χ2n) is 4.16. The quantitative estimate of drug-likeness (QED) is 0.430. The highest BCUT2D eigenvalue weighted by molar-refractivity contribution is 5.39. The molecule has 0 bridgehead atoms. The molecule has 0 unspecified atom stereocenters. The van der Waals surface area contributed by atoms with E-state index in [1.54, 1.807) is 36.7 Å². The lowest BCUT2D eigenvalue weighted by Crippen LogP contribution is -1.98. The number of phenolic OH excluding ortho intramolecular Hbond substituents is 3. The molecule has 0 radical (unpaired) electrons. The highest BCUT2D eigenvalue weighted by Gasteiger charge is 1.94. The molecule has 0 aliphatic rings. The van der Waals surface area contributed by atoms with E-state index in [-0.39, 0.29) is 28.4 Å². The van der Waals surface area contributed by atoms with Crippen molar-refractivity contribution in [2.45, 2.75) is 0 Å². The van der Waals surface area contributed by atoms with Crippen molar-refractivity contribution in [3.05, 3.63) is 87.7 Å². The van der Waals surface area contributed by atoms with Crippen LogP contribution in [0.4, 0.5) is 0 Å². The van der Waals surface area contributed by atoms with Crippen molar-refractivity contribution in [1.82, 2.24) is 9.97 Å². The van der Waals surface area contributed by atoms with Crippen LogP contribution in [-0.2, 0) is 0 Å². The Kier molecular flexibility index (Phi) is 7.22. The minimum absolute atomic E-state index is 0.0532. The summed E-state index contributed by atoms with van der Waals surface area (Å²) in [6.45, 7) is 0. The number of pyridine rings is 2. The summed E-state index contributed by atoms with van der Waals surface area (Å²) in [5.74, 6) is -0.437. The normalized spacial score (nSPS) is 8.87. The zero-order chi connectivity index (χ0) is 17.1. The molecule has 0 saturated carbocycles. The second-order valence-corrected chi connectivity index (χ2v) is 4.16. The number of hydrogen-bond donors (Lipinski definition) is 5. The van der Waals surface area contributed by atoms with E-state index in [9.17, 15) is 9.59 Å². The van der Waals surface area contributed by atoms with Gasteiger partial charge in [0, 0.05) is 42.7 Å². The van der Waals surface area contributed by atoms with E-state index in [0.29, 0.717) is 0 Å². The first-order valence-corrected chi connectivity index (χ1v) is 6.47. The van der Waals surface area contributed by atoms with E-state index in [0.717, 1.165) is 18.2 Å². The van der Waals surface area contributed by atoms with Crippen LogP contribution in [0.25, 0.3) is 0 Å². The minimum Gasteiger partial charge on any atom is -0.508 e. The standard InChI is InChI=1S/C6H6O3.2C5H5NO/c7-4-1-5(8)3-6(9)2-4;2*7-5-3-1-2-4-6-5/h1-3,7-9H;2*1-4H,(H,6,7). The summed E-state index contributed by atoms with van der Waals surface area (Å²) in [6, 6.07) is 13.3. The number of H-pyrrole nitrogens is 2. The van der Waals surface area contributed by atoms with Gasteiger partial charge in [0.2, 0.25) is 11.1 Å². The van der Waals surface area contributed by atoms with Gasteiger partial charge in [0.05, 0.1) is 0 Å². The van der Waals surface area contributed by atoms with Gasteiger partial charge in [-0.3, -0.25) is 9.59 Å². The monoisotopic (exact) mass is 316 g/mol. The van der Waals surface area contributed by atoms with Crippen molar-refractivity contribution in [3.8, 4) is 17.2 Å². The van der Waals surface area contributed by atoms with Gasteiger partial charge in [0.1, 0.15) is 17.2 Å². The highest BCUT2D eigenvalue weighted by Crippen LogP contribution is 2.23. The van der Waals surface area contributed by atoms with Gasteiger partial charge >= 0.3 is 0 Å². The van der Waals surface area contributed by atoms with Crippen molar-refractivity contribution < 1.29 is 15.3 Å². The molecule has 2 heterocycles. The van der Waals surface area contributed by atoms with Gasteiger partial charge in [-0.05, 0) is 12.1 Å². The lowest BCUT2D eigenvalue weighted by Gasteiger charge is -1.94. The van der Waals surface area contributed by atoms with E-state index < -0.39 is 0 Å². The fourth-order valence-electron chi connectivity index (χ4n) is 1.33. The zero-order valence-electron chi connectivity index (χ0n) is 12.0. The van der Waals surface area contributed by atoms with Gasteiger partial charge in [-0.25, -0.2) is 0 Å². The molecule has 3 aromatic rings. The predicted molar refractivity (Wildman–Crippen MR) is 85.6 cm³/mol. The van der Waals surface area contributed by atoms with Crippen molar-refractivity contribution in [3.63, 3.8) is 0 Å². The van der Waals surface area contributed by atoms with Crippen LogP contribution in [-0.4, -0.2) is 25.3 Å². The second kappa shape index (κ2) is 9.46. The minimum atomic E-state index is -0.146. The van der Waals surface area contributed by atoms with E-state index >= 15 is 0 Å². The third-order valence-electron chi connectivity index (χ3n) is 2.25. The smallest absolute Gasteiger partial charge is 0.247 e. The Morgan fingerprint density at radius 1 is 0.609 bits per heavy atom. The summed E-state index contributed by atoms with van der Waals surface area (Å²) in [7, 11) is 0. The number of aromatic nitrogens is 2. The van der Waals surface area contributed by atoms with Crippen LogP contribution in [0, 0.1) is 0 Å². The lowest BCUT2D eigenvalue weighted by atomic mass is 10.3. The molecule has 0 atom stereocenters. The van der Waals surface area contributed by atoms with Crippen molar-refractivity contribution >= 4 is 0 Å². The molecular formula is C16H16N2O5. The van der Waals surface area contributed by atoms with Crippen LogP contribution in [0.1, 0.15) is 0 Å². The number of rotatable bonds is 0. The molecule has 7 heteroatoms. The van der Waals surface area contributed by atoms with Crippen LogP contribution in [0.15, 0.2) is 76.6 Å². The maximum atomic E-state index is 10.2. The first-order chi connectivity index (χ1) is 11.0. The topological polar surface area (TPSA) is 126 Å². The van der Waals surface area contributed by atoms with Crippen LogP contribution < -0.4 is 11.1 Å². The summed E-state index contributed by atoms with van der Waals surface area (Å²) in [6.07, 6.45) is 3.20. The molecule has 5 N–H and O–H groups in total. The fraction of sp³-hybridized carbons (Fsp3) is 0. The third-order valence-corrected chi connectivity index (χ3v) is 2.25. The molecule has 2 aromatic heterocycles. The van der Waals surface area contributed by atoms with Crippen LogP contribution >= 0.6 is 0 Å². The Hall–Kier alpha value is -3.48. The fourth-order valence-corrected chi connectivity index (χ4v) is 1.33. The van der Waals surface area contributed by atoms with E-state index in [1.165, 1.54) is 12.1 Å². The number of aromatic amines is 2. The summed E-state index contributed by atoms with van der Waals surface area (Å²) in [5.41, 5.74) is -0.106. The Bertz CT molecular complexity index is 696. The molecular weight excluding hydrogens is 300 g/mol. The van der Waals surface area contributed by atoms with Gasteiger partial charge < -0.3 is 25.3 Å². The van der Waals surface area contributed by atoms with E-state index in [2.05, 4.69) is 9.97 Å². The average Bonchev–Trinajstić information content (AvgIpc) is 2.48. The summed E-state index contributed by atoms with van der Waals surface area (Å²) >= 11 is 0. The molecule has 3 rings (SSSR count). The molecule has 0 amide bonds. The number of phenols is 3. The van der Waals surface area contributed by atoms with Gasteiger partial charge in [-0.1, -0.05) is 12.1 Å². The third kappa shape index (κ3) is 8.41. The van der Waals surface area contributed by atoms with Gasteiger partial charge in [-0.15, -0.1) is 0 Å². The van der Waals surface area contributed by atoms with E-state index in [1.807, 2.05) is 0 Å². The lowest BCUT2D eigenvalue weighted by molar-refractivity contribution is 0.428. The van der Waals surface area contributed by atoms with Crippen molar-refractivity contribution in [2.75, 3.05) is 0 Å². The molecule has 7 nitrogen and oxygen atoms in total. The summed E-state index contributed by atoms with van der Waals surface area (Å²) in [5, 5.41) is 26.0. The Morgan fingerprint density at radius 3 is 1.13 bits per heavy atom. The SMILES string of the molecule is O=c1cccc[nH]1.O=c1cccc[nH]1.Oc1cc(O)cc(O)c1. The molecule has 0 saturated heterocycles. The van der Waals surface area contributed by atoms with Crippen LogP contribution in [0.5, 0.6) is 17.2 Å². The number of hydrogen-bond acceptors (Lipinski definition) is 5. The molecule has 1 aromatic carbocycles. The van der Waals surface area contributed by atoms with Crippen LogP contribution in [0.2, 0.25) is 0 Å². The molecule has 23 heavy (non-hydrogen) atoms. The first kappa shape index (κ1) is 17.6. The van der Waals surface area contributed by atoms with Crippen LogP contribution in [0.3, 0.4) is 0 Å². The number of aromatic hydroxyl groups is 3. The van der Waals surface area contributed by atoms with E-state index in [4.69, 9.17) is 15.3 Å². The van der Waals surface area contributed by atoms with Gasteiger partial charge in [-0.2, -0.15) is 0 Å². The molecule has 0 spiro atoms. The average molecular weight is 316 g/mol. The van der Waals surface area contributed by atoms with Gasteiger partial charge in [0.15, 0.2) is 0 Å². The maximum absolute atomic E-state index is 10.2. The Balaban J connectivity index is 0.000000175. The molecule has 120 valence electrons. The number of benzene rings is 1. The van der Waals surface area contributed by atoms with Crippen molar-refractivity contribution in [1.29, 1.82) is 0 Å². The molecule has 0 aliphatic heterocycles. The zero-order valence-corrected chi connectivity index (χ0v) is 12.0. The first-order valence-electron chi connectivity index (χ1n) is 6.47. The summed E-state index contributed by atoms with van der Waals surface area (Å²) < 4.78 is 0. The predicted octanol–water partition coefficient (Wildman–Crippen LogP) is 1.55. The number of nitrogens with one attached hydrogen (secondary N) is 2. The largest absolute Gasteiger partial charge is 0.508 e. The van der Waals surface area contributed by atoms with Crippen molar-refractivity contribution in [2.24, 2.45) is 0 Å². The maximum Gasteiger partial charge on any atom is 0.247 e. The summed E-state index contributed by atoms with van der Waals surface area (Å²) in [4.78, 5) is 25.4.